The maximum Gasteiger partial charge on any atom is 0.330 e. The summed E-state index contributed by atoms with van der Waals surface area (Å²) in [4.78, 5) is 11.2. The summed E-state index contributed by atoms with van der Waals surface area (Å²) in [6.07, 6.45) is 3.13. The monoisotopic (exact) mass is 327 g/mol. The lowest BCUT2D eigenvalue weighted by molar-refractivity contribution is -0.903. The molecule has 0 unspecified atom stereocenters. The summed E-state index contributed by atoms with van der Waals surface area (Å²) >= 11 is 0. The molecule has 0 aliphatic carbocycles. The summed E-state index contributed by atoms with van der Waals surface area (Å²) in [6, 6.07) is 10.3. The number of likely N-dealkylation sites (N-methyl/N-ethyl adjacent to an activating group) is 1. The number of rotatable bonds is 6. The van der Waals surface area contributed by atoms with Gasteiger partial charge in [0.2, 0.25) is 0 Å². The van der Waals surface area contributed by atoms with Gasteiger partial charge in [-0.15, -0.1) is 0 Å². The van der Waals surface area contributed by atoms with E-state index in [0.29, 0.717) is 6.61 Å². The fourth-order valence-electron chi connectivity index (χ4n) is 1.73. The second-order valence-corrected chi connectivity index (χ2v) is 4.97. The normalized spacial score (nSPS) is 11.1. The highest BCUT2D eigenvalue weighted by molar-refractivity contribution is 5.81. The van der Waals surface area contributed by atoms with Crippen LogP contribution in [0.25, 0.3) is 0 Å². The van der Waals surface area contributed by atoms with Crippen LogP contribution in [0.3, 0.4) is 0 Å². The zero-order valence-electron chi connectivity index (χ0n) is 11.8. The lowest BCUT2D eigenvalue weighted by atomic mass is 10.2. The zero-order valence-corrected chi connectivity index (χ0v) is 13.4. The van der Waals surface area contributed by atoms with Crippen molar-refractivity contribution in [3.05, 3.63) is 48.0 Å². The van der Waals surface area contributed by atoms with E-state index in [0.717, 1.165) is 17.6 Å². The van der Waals surface area contributed by atoms with Gasteiger partial charge in [0.25, 0.3) is 0 Å². The minimum absolute atomic E-state index is 0. The van der Waals surface area contributed by atoms with E-state index in [1.54, 1.807) is 13.0 Å². The number of ether oxygens (including phenoxy) is 1. The van der Waals surface area contributed by atoms with Crippen LogP contribution in [-0.2, 0) is 16.1 Å². The topological polar surface area (TPSA) is 26.3 Å². The lowest BCUT2D eigenvalue weighted by Gasteiger charge is -2.29. The molecule has 19 heavy (non-hydrogen) atoms. The highest BCUT2D eigenvalue weighted by Gasteiger charge is 2.16. The van der Waals surface area contributed by atoms with Crippen LogP contribution in [0.15, 0.2) is 42.5 Å². The van der Waals surface area contributed by atoms with Gasteiger partial charge in [-0.2, -0.15) is 0 Å². The summed E-state index contributed by atoms with van der Waals surface area (Å²) in [5, 5.41) is 0. The quantitative estimate of drug-likeness (QED) is 0.396. The number of hydrogen-bond acceptors (Lipinski definition) is 2. The van der Waals surface area contributed by atoms with Crippen molar-refractivity contribution in [1.29, 1.82) is 0 Å². The van der Waals surface area contributed by atoms with E-state index in [1.165, 1.54) is 11.6 Å². The van der Waals surface area contributed by atoms with Crippen LogP contribution in [0, 0.1) is 0 Å². The minimum Gasteiger partial charge on any atom is -1.00 e. The predicted molar refractivity (Wildman–Crippen MR) is 72.9 cm³/mol. The van der Waals surface area contributed by atoms with Crippen LogP contribution in [0.4, 0.5) is 0 Å². The Labute approximate surface area is 126 Å². The summed E-state index contributed by atoms with van der Waals surface area (Å²) in [7, 11) is 4.27. The molecule has 0 spiro atoms. The van der Waals surface area contributed by atoms with Crippen molar-refractivity contribution in [1.82, 2.24) is 0 Å². The van der Waals surface area contributed by atoms with Gasteiger partial charge in [0.1, 0.15) is 19.7 Å². The molecule has 0 heterocycles. The zero-order chi connectivity index (χ0) is 13.4. The number of carbonyl (C=O) groups is 1. The smallest absolute Gasteiger partial charge is 0.330 e. The molecule has 0 N–H and O–H groups in total. The van der Waals surface area contributed by atoms with Gasteiger partial charge in [-0.25, -0.2) is 4.79 Å². The average Bonchev–Trinajstić information content (AvgIpc) is 2.29. The standard InChI is InChI=1S/C15H22NO2.BrH/c1-4-8-15(17)18-12-11-16(2,3)13-14-9-6-5-7-10-14;/h4-10H,11-13H2,1-3H3;1H/q+1;/p-1. The first kappa shape index (κ1) is 17.9. The third-order valence-electron chi connectivity index (χ3n) is 2.70. The number of allylic oxidation sites excluding steroid dienone is 1. The van der Waals surface area contributed by atoms with Gasteiger partial charge in [0, 0.05) is 11.6 Å². The molecule has 0 atom stereocenters. The Morgan fingerprint density at radius 3 is 2.47 bits per heavy atom. The van der Waals surface area contributed by atoms with Gasteiger partial charge < -0.3 is 26.2 Å². The molecule has 0 saturated carbocycles. The van der Waals surface area contributed by atoms with Gasteiger partial charge in [-0.3, -0.25) is 0 Å². The van der Waals surface area contributed by atoms with E-state index < -0.39 is 0 Å². The Morgan fingerprint density at radius 2 is 1.89 bits per heavy atom. The van der Waals surface area contributed by atoms with Crippen LogP contribution < -0.4 is 17.0 Å². The number of halogens is 1. The number of quaternary nitrogens is 1. The van der Waals surface area contributed by atoms with E-state index in [9.17, 15) is 4.79 Å². The Balaban J connectivity index is 0.00000324. The molecule has 0 amide bonds. The number of hydrogen-bond donors (Lipinski definition) is 0. The lowest BCUT2D eigenvalue weighted by Crippen LogP contribution is -3.00. The summed E-state index contributed by atoms with van der Waals surface area (Å²) < 4.78 is 5.91. The summed E-state index contributed by atoms with van der Waals surface area (Å²) in [5.41, 5.74) is 1.29. The molecule has 0 radical (unpaired) electrons. The number of nitrogens with zero attached hydrogens (tertiary/aromatic N) is 1. The number of esters is 1. The molecular weight excluding hydrogens is 306 g/mol. The molecule has 0 fully saturated rings. The first-order chi connectivity index (χ1) is 8.53. The molecule has 0 saturated heterocycles. The maximum atomic E-state index is 11.2. The number of carbonyl (C=O) groups excluding carboxylic acids is 1. The maximum absolute atomic E-state index is 11.2. The van der Waals surface area contributed by atoms with Crippen molar-refractivity contribution in [3.8, 4) is 0 Å². The highest BCUT2D eigenvalue weighted by Crippen LogP contribution is 2.08. The van der Waals surface area contributed by atoms with Crippen LogP contribution in [0.1, 0.15) is 12.5 Å². The van der Waals surface area contributed by atoms with E-state index in [-0.39, 0.29) is 23.0 Å². The van der Waals surface area contributed by atoms with Crippen molar-refractivity contribution < 1.29 is 31.0 Å². The van der Waals surface area contributed by atoms with Gasteiger partial charge in [0.05, 0.1) is 14.1 Å². The van der Waals surface area contributed by atoms with E-state index in [4.69, 9.17) is 4.74 Å². The fourth-order valence-corrected chi connectivity index (χ4v) is 1.73. The van der Waals surface area contributed by atoms with Gasteiger partial charge in [-0.1, -0.05) is 36.4 Å². The van der Waals surface area contributed by atoms with E-state index in [1.807, 2.05) is 18.2 Å². The van der Waals surface area contributed by atoms with Crippen LogP contribution in [0.2, 0.25) is 0 Å². The highest BCUT2D eigenvalue weighted by atomic mass is 79.9. The second-order valence-electron chi connectivity index (χ2n) is 4.97. The van der Waals surface area contributed by atoms with Crippen molar-refractivity contribution in [2.45, 2.75) is 13.5 Å². The molecule has 1 aromatic carbocycles. The number of benzene rings is 1. The predicted octanol–water partition coefficient (Wildman–Crippen LogP) is -0.614. The minimum atomic E-state index is -0.266. The van der Waals surface area contributed by atoms with Gasteiger partial charge in [0.15, 0.2) is 0 Å². The summed E-state index contributed by atoms with van der Waals surface area (Å²) in [6.45, 7) is 3.99. The Bertz CT molecular complexity index is 402. The first-order valence-electron chi connectivity index (χ1n) is 6.19. The van der Waals surface area contributed by atoms with Crippen LogP contribution in [0.5, 0.6) is 0 Å². The average molecular weight is 328 g/mol. The van der Waals surface area contributed by atoms with E-state index in [2.05, 4.69) is 26.2 Å². The van der Waals surface area contributed by atoms with Crippen LogP contribution in [-0.4, -0.2) is 37.7 Å². The van der Waals surface area contributed by atoms with Gasteiger partial charge >= 0.3 is 5.97 Å². The molecule has 1 rings (SSSR count). The SMILES string of the molecule is CC=CC(=O)OCC[N+](C)(C)Cc1ccccc1.[Br-]. The molecule has 0 aromatic heterocycles. The second kappa shape index (κ2) is 8.88. The molecule has 4 heteroatoms. The molecule has 0 bridgehead atoms. The molecule has 1 aromatic rings. The first-order valence-corrected chi connectivity index (χ1v) is 6.19. The summed E-state index contributed by atoms with van der Waals surface area (Å²) in [5.74, 6) is -0.266. The molecule has 3 nitrogen and oxygen atoms in total. The third-order valence-corrected chi connectivity index (χ3v) is 2.70. The van der Waals surface area contributed by atoms with Crippen molar-refractivity contribution in [2.24, 2.45) is 0 Å². The third kappa shape index (κ3) is 7.80. The molecule has 0 aliphatic rings. The van der Waals surface area contributed by atoms with E-state index >= 15 is 0 Å². The Morgan fingerprint density at radius 1 is 1.26 bits per heavy atom. The van der Waals surface area contributed by atoms with Crippen molar-refractivity contribution >= 4 is 5.97 Å². The molecular formula is C15H22BrNO2. The van der Waals surface area contributed by atoms with Crippen molar-refractivity contribution in [3.63, 3.8) is 0 Å². The largest absolute Gasteiger partial charge is 1.00 e. The van der Waals surface area contributed by atoms with Gasteiger partial charge in [-0.05, 0) is 6.92 Å². The van der Waals surface area contributed by atoms with Crippen molar-refractivity contribution in [2.75, 3.05) is 27.2 Å². The van der Waals surface area contributed by atoms with Crippen LogP contribution >= 0.6 is 0 Å². The Kier molecular flexibility index (Phi) is 8.35. The Hall–Kier alpha value is -1.13. The fraction of sp³-hybridized carbons (Fsp3) is 0.400. The molecule has 106 valence electrons. The molecule has 0 aliphatic heterocycles.